The second kappa shape index (κ2) is 8.01. The van der Waals surface area contributed by atoms with Crippen molar-refractivity contribution in [3.8, 4) is 22.9 Å². The SMILES string of the molecule is COCc1c(C(O)C=O)cc2n(c1=O)Cc1c-2nc2cc3c(cc2c1CCCN)OCO3. The van der Waals surface area contributed by atoms with E-state index in [-0.39, 0.29) is 30.1 Å². The van der Waals surface area contributed by atoms with Gasteiger partial charge < -0.3 is 34.4 Å². The number of rotatable bonds is 7. The zero-order valence-corrected chi connectivity index (χ0v) is 17.6. The lowest BCUT2D eigenvalue weighted by molar-refractivity contribution is -0.115. The lowest BCUT2D eigenvalue weighted by Gasteiger charge is -2.14. The predicted molar refractivity (Wildman–Crippen MR) is 116 cm³/mol. The summed E-state index contributed by atoms with van der Waals surface area (Å²) in [6.07, 6.45) is 0.473. The number of benzene rings is 1. The number of methoxy groups -OCH3 is 1. The molecule has 0 fully saturated rings. The molecule has 0 radical (unpaired) electrons. The van der Waals surface area contributed by atoms with Crippen molar-refractivity contribution >= 4 is 17.2 Å². The van der Waals surface area contributed by atoms with E-state index >= 15 is 0 Å². The van der Waals surface area contributed by atoms with Crippen molar-refractivity contribution in [1.82, 2.24) is 9.55 Å². The van der Waals surface area contributed by atoms with E-state index in [0.29, 0.717) is 42.3 Å². The first kappa shape index (κ1) is 20.6. The van der Waals surface area contributed by atoms with Crippen LogP contribution in [-0.2, 0) is 29.1 Å². The van der Waals surface area contributed by atoms with Crippen LogP contribution < -0.4 is 20.8 Å². The van der Waals surface area contributed by atoms with Crippen LogP contribution >= 0.6 is 0 Å². The van der Waals surface area contributed by atoms with Crippen molar-refractivity contribution in [2.75, 3.05) is 20.4 Å². The Morgan fingerprint density at radius 1 is 1.28 bits per heavy atom. The molecular weight excluding hydrogens is 414 g/mol. The molecule has 0 aliphatic carbocycles. The van der Waals surface area contributed by atoms with Crippen LogP contribution in [0.3, 0.4) is 0 Å². The first-order valence-corrected chi connectivity index (χ1v) is 10.4. The van der Waals surface area contributed by atoms with Gasteiger partial charge in [-0.2, -0.15) is 0 Å². The molecule has 3 aromatic rings. The number of hydrogen-bond donors (Lipinski definition) is 2. The molecule has 1 aromatic carbocycles. The molecule has 9 nitrogen and oxygen atoms in total. The molecule has 9 heteroatoms. The maximum Gasteiger partial charge on any atom is 0.257 e. The number of fused-ring (bicyclic) bond motifs is 5. The van der Waals surface area contributed by atoms with Gasteiger partial charge in [-0.1, -0.05) is 0 Å². The fourth-order valence-electron chi connectivity index (χ4n) is 4.55. The third-order valence-corrected chi connectivity index (χ3v) is 6.06. The lowest BCUT2D eigenvalue weighted by Crippen LogP contribution is -2.26. The third kappa shape index (κ3) is 3.09. The number of aliphatic hydroxyl groups is 1. The van der Waals surface area contributed by atoms with Crippen molar-refractivity contribution in [2.45, 2.75) is 32.1 Å². The Hall–Kier alpha value is -3.27. The molecule has 2 aromatic heterocycles. The molecule has 2 aliphatic heterocycles. The maximum atomic E-state index is 13.3. The van der Waals surface area contributed by atoms with Gasteiger partial charge in [-0.05, 0) is 37.1 Å². The smallest absolute Gasteiger partial charge is 0.257 e. The van der Waals surface area contributed by atoms with Gasteiger partial charge in [0, 0.05) is 35.3 Å². The highest BCUT2D eigenvalue weighted by Crippen LogP contribution is 2.42. The number of carbonyl (C=O) groups excluding carboxylic acids is 1. The summed E-state index contributed by atoms with van der Waals surface area (Å²) < 4.78 is 17.9. The molecular formula is C23H23N3O6. The molecule has 2 aliphatic rings. The van der Waals surface area contributed by atoms with Gasteiger partial charge in [-0.3, -0.25) is 4.79 Å². The van der Waals surface area contributed by atoms with Gasteiger partial charge in [0.2, 0.25) is 6.79 Å². The number of aromatic nitrogens is 2. The molecule has 0 bridgehead atoms. The van der Waals surface area contributed by atoms with Gasteiger partial charge in [0.05, 0.1) is 30.1 Å². The number of hydrogen-bond acceptors (Lipinski definition) is 8. The third-order valence-electron chi connectivity index (χ3n) is 6.06. The summed E-state index contributed by atoms with van der Waals surface area (Å²) in [6.45, 7) is 1.03. The second-order valence-corrected chi connectivity index (χ2v) is 7.90. The number of aryl methyl sites for hydroxylation is 1. The molecule has 1 atom stereocenters. The van der Waals surface area contributed by atoms with Gasteiger partial charge >= 0.3 is 0 Å². The topological polar surface area (TPSA) is 126 Å². The highest BCUT2D eigenvalue weighted by Gasteiger charge is 2.30. The van der Waals surface area contributed by atoms with E-state index < -0.39 is 6.10 Å². The van der Waals surface area contributed by atoms with Crippen molar-refractivity contribution in [2.24, 2.45) is 5.73 Å². The van der Waals surface area contributed by atoms with Gasteiger partial charge in [-0.15, -0.1) is 0 Å². The van der Waals surface area contributed by atoms with E-state index in [9.17, 15) is 14.7 Å². The van der Waals surface area contributed by atoms with Crippen LogP contribution in [0, 0.1) is 0 Å². The summed E-state index contributed by atoms with van der Waals surface area (Å²) in [4.78, 5) is 29.5. The van der Waals surface area contributed by atoms with E-state index in [4.69, 9.17) is 24.9 Å². The minimum atomic E-state index is -1.42. The van der Waals surface area contributed by atoms with E-state index in [2.05, 4.69) is 0 Å². The number of nitrogens with two attached hydrogens (primary N) is 1. The monoisotopic (exact) mass is 437 g/mol. The van der Waals surface area contributed by atoms with Crippen LogP contribution in [0.5, 0.6) is 11.5 Å². The van der Waals surface area contributed by atoms with Crippen LogP contribution in [0.4, 0.5) is 0 Å². The fourth-order valence-corrected chi connectivity index (χ4v) is 4.55. The summed E-state index contributed by atoms with van der Waals surface area (Å²) in [5.41, 5.74) is 9.92. The predicted octanol–water partition coefficient (Wildman–Crippen LogP) is 1.42. The van der Waals surface area contributed by atoms with Gasteiger partial charge in [0.25, 0.3) is 5.56 Å². The molecule has 3 N–H and O–H groups in total. The summed E-state index contributed by atoms with van der Waals surface area (Å²) >= 11 is 0. The molecule has 32 heavy (non-hydrogen) atoms. The minimum Gasteiger partial charge on any atom is -0.454 e. The summed E-state index contributed by atoms with van der Waals surface area (Å²) in [7, 11) is 1.46. The number of aldehydes is 1. The van der Waals surface area contributed by atoms with E-state index in [1.54, 1.807) is 10.6 Å². The van der Waals surface area contributed by atoms with Gasteiger partial charge in [0.1, 0.15) is 6.10 Å². The van der Waals surface area contributed by atoms with E-state index in [1.807, 2.05) is 12.1 Å². The molecule has 4 heterocycles. The van der Waals surface area contributed by atoms with Crippen LogP contribution in [0.25, 0.3) is 22.3 Å². The lowest BCUT2D eigenvalue weighted by atomic mass is 9.96. The molecule has 0 amide bonds. The summed E-state index contributed by atoms with van der Waals surface area (Å²) in [6, 6.07) is 5.44. The summed E-state index contributed by atoms with van der Waals surface area (Å²) in [5, 5.41) is 11.2. The van der Waals surface area contributed by atoms with Crippen molar-refractivity contribution in [3.05, 3.63) is 50.8 Å². The molecule has 5 rings (SSSR count). The number of carbonyl (C=O) groups is 1. The molecule has 0 saturated heterocycles. The first-order valence-electron chi connectivity index (χ1n) is 10.4. The Labute approximate surface area is 183 Å². The number of pyridine rings is 2. The van der Waals surface area contributed by atoms with Gasteiger partial charge in [-0.25, -0.2) is 4.98 Å². The van der Waals surface area contributed by atoms with Crippen molar-refractivity contribution in [1.29, 1.82) is 0 Å². The average Bonchev–Trinajstić information content (AvgIpc) is 3.40. The Morgan fingerprint density at radius 2 is 2.06 bits per heavy atom. The largest absolute Gasteiger partial charge is 0.454 e. The highest BCUT2D eigenvalue weighted by molar-refractivity contribution is 5.90. The molecule has 166 valence electrons. The Balaban J connectivity index is 1.78. The van der Waals surface area contributed by atoms with Crippen molar-refractivity contribution < 1.29 is 24.1 Å². The van der Waals surface area contributed by atoms with Crippen LogP contribution in [0.15, 0.2) is 23.0 Å². The number of nitrogens with zero attached hydrogens (tertiary/aromatic N) is 2. The molecule has 1 unspecified atom stereocenters. The quantitative estimate of drug-likeness (QED) is 0.416. The van der Waals surface area contributed by atoms with Crippen LogP contribution in [-0.4, -0.2) is 41.4 Å². The molecule has 0 spiro atoms. The standard InChI is InChI=1S/C23H23N3O6/c1-30-10-16-14(19(28)9-27)5-18-22-15(8-26(18)23(16)29)12(3-2-4-24)13-6-20-21(32-11-31-20)7-17(13)25-22/h5-7,9,19,28H,2-4,8,10-11,24H2,1H3. The van der Waals surface area contributed by atoms with Crippen molar-refractivity contribution in [3.63, 3.8) is 0 Å². The fraction of sp³-hybridized carbons (Fsp3) is 0.348. The Kier molecular flexibility index (Phi) is 5.16. The molecule has 0 saturated carbocycles. The number of ether oxygens (including phenoxy) is 3. The number of aliphatic hydroxyl groups excluding tert-OH is 1. The van der Waals surface area contributed by atoms with E-state index in [0.717, 1.165) is 34.9 Å². The highest BCUT2D eigenvalue weighted by atomic mass is 16.7. The normalized spacial score (nSPS) is 14.5. The van der Waals surface area contributed by atoms with Crippen LogP contribution in [0.1, 0.15) is 34.8 Å². The first-order chi connectivity index (χ1) is 15.6. The minimum absolute atomic E-state index is 0.00742. The second-order valence-electron chi connectivity index (χ2n) is 7.90. The zero-order valence-electron chi connectivity index (χ0n) is 17.6. The zero-order chi connectivity index (χ0) is 22.4. The summed E-state index contributed by atoms with van der Waals surface area (Å²) in [5.74, 6) is 1.29. The van der Waals surface area contributed by atoms with Crippen LogP contribution in [0.2, 0.25) is 0 Å². The average molecular weight is 437 g/mol. The van der Waals surface area contributed by atoms with E-state index in [1.165, 1.54) is 7.11 Å². The maximum absolute atomic E-state index is 13.3. The van der Waals surface area contributed by atoms with Gasteiger partial charge in [0.15, 0.2) is 17.8 Å². The Morgan fingerprint density at radius 3 is 2.78 bits per heavy atom. The Bertz CT molecular complexity index is 1300.